The first-order valence-electron chi connectivity index (χ1n) is 10.1. The van der Waals surface area contributed by atoms with E-state index in [4.69, 9.17) is 11.6 Å². The number of hydrogen-bond donors (Lipinski definition) is 1. The van der Waals surface area contributed by atoms with Crippen molar-refractivity contribution in [2.75, 3.05) is 0 Å². The largest absolute Gasteiger partial charge is 0.352 e. The summed E-state index contributed by atoms with van der Waals surface area (Å²) in [6, 6.07) is 13.0. The molecule has 2 rings (SSSR count). The molecule has 29 heavy (non-hydrogen) atoms. The van der Waals surface area contributed by atoms with Crippen LogP contribution in [-0.2, 0) is 22.6 Å². The molecular weight excluding hydrogens is 384 g/mol. The molecule has 0 aliphatic heterocycles. The fraction of sp³-hybridized carbons (Fsp3) is 0.417. The molecule has 0 radical (unpaired) electrons. The van der Waals surface area contributed by atoms with E-state index in [1.54, 1.807) is 17.0 Å². The van der Waals surface area contributed by atoms with Gasteiger partial charge in [0.25, 0.3) is 0 Å². The Bertz CT molecular complexity index is 846. The van der Waals surface area contributed by atoms with E-state index in [1.807, 2.05) is 65.0 Å². The van der Waals surface area contributed by atoms with E-state index in [0.29, 0.717) is 18.0 Å². The van der Waals surface area contributed by atoms with E-state index >= 15 is 0 Å². The zero-order chi connectivity index (χ0) is 21.6. The predicted octanol–water partition coefficient (Wildman–Crippen LogP) is 4.83. The van der Waals surface area contributed by atoms with Crippen LogP contribution in [0.25, 0.3) is 0 Å². The number of carbonyl (C=O) groups is 2. The number of hydrogen-bond acceptors (Lipinski definition) is 2. The van der Waals surface area contributed by atoms with Crippen LogP contribution in [0.3, 0.4) is 0 Å². The molecule has 1 atom stereocenters. The molecule has 4 nitrogen and oxygen atoms in total. The van der Waals surface area contributed by atoms with E-state index in [-0.39, 0.29) is 24.3 Å². The van der Waals surface area contributed by atoms with Crippen LogP contribution in [0.15, 0.2) is 42.5 Å². The molecule has 1 N–H and O–H groups in total. The molecule has 0 aliphatic carbocycles. The number of rotatable bonds is 8. The molecule has 0 bridgehead atoms. The number of carbonyl (C=O) groups excluding carboxylic acids is 2. The number of nitrogens with one attached hydrogen (secondary N) is 1. The van der Waals surface area contributed by atoms with Gasteiger partial charge in [0.15, 0.2) is 0 Å². The fourth-order valence-corrected chi connectivity index (χ4v) is 3.47. The fourth-order valence-electron chi connectivity index (χ4n) is 3.34. The predicted molar refractivity (Wildman–Crippen MR) is 119 cm³/mol. The molecule has 0 heterocycles. The highest BCUT2D eigenvalue weighted by Crippen LogP contribution is 2.18. The summed E-state index contributed by atoms with van der Waals surface area (Å²) in [7, 11) is 0. The van der Waals surface area contributed by atoms with Gasteiger partial charge in [-0.3, -0.25) is 9.59 Å². The molecule has 0 saturated heterocycles. The van der Waals surface area contributed by atoms with E-state index in [0.717, 1.165) is 22.3 Å². The van der Waals surface area contributed by atoms with Crippen molar-refractivity contribution in [1.29, 1.82) is 0 Å². The summed E-state index contributed by atoms with van der Waals surface area (Å²) >= 11 is 6.00. The number of nitrogens with zero attached hydrogens (tertiary/aromatic N) is 1. The molecular formula is C24H31ClN2O2. The van der Waals surface area contributed by atoms with Crippen molar-refractivity contribution in [3.8, 4) is 0 Å². The highest BCUT2D eigenvalue weighted by molar-refractivity contribution is 6.30. The Morgan fingerprint density at radius 3 is 2.31 bits per heavy atom. The lowest BCUT2D eigenvalue weighted by molar-refractivity contribution is -0.141. The van der Waals surface area contributed by atoms with Crippen molar-refractivity contribution in [3.63, 3.8) is 0 Å². The van der Waals surface area contributed by atoms with Crippen LogP contribution in [-0.4, -0.2) is 28.8 Å². The van der Waals surface area contributed by atoms with Gasteiger partial charge in [-0.1, -0.05) is 54.4 Å². The quantitative estimate of drug-likeness (QED) is 0.672. The van der Waals surface area contributed by atoms with Gasteiger partial charge in [0.1, 0.15) is 6.04 Å². The first-order valence-corrected chi connectivity index (χ1v) is 10.5. The molecule has 156 valence electrons. The Kier molecular flexibility index (Phi) is 8.27. The second kappa shape index (κ2) is 10.4. The molecule has 0 aromatic heterocycles. The molecule has 0 saturated carbocycles. The lowest BCUT2D eigenvalue weighted by Gasteiger charge is -2.31. The van der Waals surface area contributed by atoms with Crippen LogP contribution in [0.4, 0.5) is 0 Å². The standard InChI is InChI=1S/C24H31ClN2O2/c1-6-22(24(29)26-16(2)3)27(15-19-9-11-21(25)12-10-19)23(28)14-20-13-17(4)7-8-18(20)5/h7-13,16,22H,6,14-15H2,1-5H3,(H,26,29)/t22-/m0/s1. The van der Waals surface area contributed by atoms with Crippen molar-refractivity contribution in [2.45, 2.75) is 66.1 Å². The van der Waals surface area contributed by atoms with Crippen molar-refractivity contribution >= 4 is 23.4 Å². The van der Waals surface area contributed by atoms with Crippen LogP contribution in [0.2, 0.25) is 5.02 Å². The Balaban J connectivity index is 2.33. The summed E-state index contributed by atoms with van der Waals surface area (Å²) < 4.78 is 0. The minimum absolute atomic E-state index is 0.0167. The average molecular weight is 415 g/mol. The Morgan fingerprint density at radius 2 is 1.72 bits per heavy atom. The van der Waals surface area contributed by atoms with E-state index in [9.17, 15) is 9.59 Å². The molecule has 0 aliphatic rings. The Hall–Kier alpha value is -2.33. The van der Waals surface area contributed by atoms with E-state index in [2.05, 4.69) is 5.32 Å². The van der Waals surface area contributed by atoms with Gasteiger partial charge in [-0.05, 0) is 62.9 Å². The second-order valence-electron chi connectivity index (χ2n) is 7.84. The average Bonchev–Trinajstić information content (AvgIpc) is 2.65. The molecule has 2 amide bonds. The molecule has 5 heteroatoms. The van der Waals surface area contributed by atoms with Gasteiger partial charge in [-0.25, -0.2) is 0 Å². The molecule has 0 unspecified atom stereocenters. The van der Waals surface area contributed by atoms with Crippen LogP contribution in [0.5, 0.6) is 0 Å². The SMILES string of the molecule is CC[C@@H](C(=O)NC(C)C)N(Cc1ccc(Cl)cc1)C(=O)Cc1cc(C)ccc1C. The first-order chi connectivity index (χ1) is 13.7. The number of amides is 2. The van der Waals surface area contributed by atoms with Gasteiger partial charge in [0.2, 0.25) is 11.8 Å². The lowest BCUT2D eigenvalue weighted by Crippen LogP contribution is -2.50. The van der Waals surface area contributed by atoms with Crippen LogP contribution >= 0.6 is 11.6 Å². The van der Waals surface area contributed by atoms with Gasteiger partial charge in [0, 0.05) is 17.6 Å². The minimum atomic E-state index is -0.523. The molecule has 2 aromatic rings. The monoisotopic (exact) mass is 414 g/mol. The van der Waals surface area contributed by atoms with Crippen molar-refractivity contribution in [1.82, 2.24) is 10.2 Å². The number of benzene rings is 2. The minimum Gasteiger partial charge on any atom is -0.352 e. The third-order valence-corrected chi connectivity index (χ3v) is 5.18. The number of halogens is 1. The van der Waals surface area contributed by atoms with E-state index < -0.39 is 6.04 Å². The zero-order valence-corrected chi connectivity index (χ0v) is 18.7. The molecule has 0 fully saturated rings. The highest BCUT2D eigenvalue weighted by Gasteiger charge is 2.29. The molecule has 2 aromatic carbocycles. The second-order valence-corrected chi connectivity index (χ2v) is 8.28. The molecule has 0 spiro atoms. The van der Waals surface area contributed by atoms with Gasteiger partial charge in [0.05, 0.1) is 6.42 Å². The van der Waals surface area contributed by atoms with Crippen LogP contribution in [0.1, 0.15) is 49.4 Å². The van der Waals surface area contributed by atoms with Gasteiger partial charge in [-0.15, -0.1) is 0 Å². The van der Waals surface area contributed by atoms with Gasteiger partial charge in [-0.2, -0.15) is 0 Å². The van der Waals surface area contributed by atoms with Crippen molar-refractivity contribution in [2.24, 2.45) is 0 Å². The van der Waals surface area contributed by atoms with Crippen LogP contribution in [0, 0.1) is 13.8 Å². The third-order valence-electron chi connectivity index (χ3n) is 4.93. The topological polar surface area (TPSA) is 49.4 Å². The first kappa shape index (κ1) is 23.0. The Morgan fingerprint density at radius 1 is 1.07 bits per heavy atom. The van der Waals surface area contributed by atoms with E-state index in [1.165, 1.54) is 0 Å². The summed E-state index contributed by atoms with van der Waals surface area (Å²) in [6.07, 6.45) is 0.817. The third kappa shape index (κ3) is 6.60. The summed E-state index contributed by atoms with van der Waals surface area (Å²) in [6.45, 7) is 10.2. The van der Waals surface area contributed by atoms with Crippen molar-refractivity contribution < 1.29 is 9.59 Å². The zero-order valence-electron chi connectivity index (χ0n) is 18.0. The van der Waals surface area contributed by atoms with Gasteiger partial charge < -0.3 is 10.2 Å². The maximum atomic E-state index is 13.4. The van der Waals surface area contributed by atoms with Crippen LogP contribution < -0.4 is 5.32 Å². The summed E-state index contributed by atoms with van der Waals surface area (Å²) in [5.74, 6) is -0.176. The van der Waals surface area contributed by atoms with Gasteiger partial charge >= 0.3 is 0 Å². The number of aryl methyl sites for hydroxylation is 2. The smallest absolute Gasteiger partial charge is 0.243 e. The summed E-state index contributed by atoms with van der Waals surface area (Å²) in [4.78, 5) is 27.9. The summed E-state index contributed by atoms with van der Waals surface area (Å²) in [5, 5.41) is 3.60. The normalized spacial score (nSPS) is 12.0. The summed E-state index contributed by atoms with van der Waals surface area (Å²) in [5.41, 5.74) is 4.14. The highest BCUT2D eigenvalue weighted by atomic mass is 35.5. The Labute approximate surface area is 179 Å². The van der Waals surface area contributed by atoms with Crippen molar-refractivity contribution in [3.05, 3.63) is 69.7 Å². The lowest BCUT2D eigenvalue weighted by atomic mass is 10.0. The maximum absolute atomic E-state index is 13.4. The maximum Gasteiger partial charge on any atom is 0.243 e.